The molecule has 0 saturated heterocycles. The number of carbonyl (C=O) groups is 2. The van der Waals surface area contributed by atoms with Gasteiger partial charge in [0.15, 0.2) is 0 Å². The lowest BCUT2D eigenvalue weighted by atomic mass is 10.1. The summed E-state index contributed by atoms with van der Waals surface area (Å²) < 4.78 is 0. The monoisotopic (exact) mass is 235 g/mol. The van der Waals surface area contributed by atoms with Crippen LogP contribution >= 0.6 is 0 Å². The topological polar surface area (TPSA) is 86.6 Å². The van der Waals surface area contributed by atoms with E-state index in [9.17, 15) is 9.59 Å². The molecule has 1 amide bonds. The van der Waals surface area contributed by atoms with Crippen LogP contribution in [0.1, 0.15) is 13.8 Å². The predicted octanol–water partition coefficient (Wildman–Crippen LogP) is 1.75. The van der Waals surface area contributed by atoms with E-state index in [0.29, 0.717) is 5.69 Å². The van der Waals surface area contributed by atoms with Gasteiger partial charge in [0, 0.05) is 16.8 Å². The number of carboxylic acids is 1. The molecule has 0 atom stereocenters. The summed E-state index contributed by atoms with van der Waals surface area (Å²) in [5, 5.41) is 20.3. The maximum Gasteiger partial charge on any atom is 0.331 e. The van der Waals surface area contributed by atoms with E-state index in [-0.39, 0.29) is 16.9 Å². The van der Waals surface area contributed by atoms with Gasteiger partial charge in [0.1, 0.15) is 5.75 Å². The summed E-state index contributed by atoms with van der Waals surface area (Å²) in [5.74, 6) is -1.50. The first-order valence-electron chi connectivity index (χ1n) is 4.93. The fourth-order valence-corrected chi connectivity index (χ4v) is 1.10. The maximum atomic E-state index is 11.6. The van der Waals surface area contributed by atoms with Crippen LogP contribution in [0.15, 0.2) is 35.4 Å². The van der Waals surface area contributed by atoms with Crippen LogP contribution in [0, 0.1) is 0 Å². The minimum absolute atomic E-state index is 0.00118. The first-order chi connectivity index (χ1) is 7.91. The van der Waals surface area contributed by atoms with E-state index in [4.69, 9.17) is 10.2 Å². The summed E-state index contributed by atoms with van der Waals surface area (Å²) in [6.45, 7) is 2.81. The third-order valence-corrected chi connectivity index (χ3v) is 2.35. The van der Waals surface area contributed by atoms with Gasteiger partial charge in [0.25, 0.3) is 5.91 Å². The fraction of sp³-hybridized carbons (Fsp3) is 0.167. The molecule has 1 rings (SSSR count). The maximum absolute atomic E-state index is 11.6. The number of anilines is 1. The average molecular weight is 235 g/mol. The van der Waals surface area contributed by atoms with Crippen molar-refractivity contribution in [2.45, 2.75) is 13.8 Å². The molecule has 0 saturated carbocycles. The lowest BCUT2D eigenvalue weighted by Gasteiger charge is -2.06. The van der Waals surface area contributed by atoms with Crippen molar-refractivity contribution >= 4 is 17.6 Å². The van der Waals surface area contributed by atoms with Gasteiger partial charge >= 0.3 is 5.97 Å². The fourth-order valence-electron chi connectivity index (χ4n) is 1.10. The Kier molecular flexibility index (Phi) is 3.87. The number of rotatable bonds is 3. The molecule has 0 aliphatic carbocycles. The molecule has 17 heavy (non-hydrogen) atoms. The largest absolute Gasteiger partial charge is 0.508 e. The first-order valence-corrected chi connectivity index (χ1v) is 4.93. The highest BCUT2D eigenvalue weighted by Crippen LogP contribution is 2.15. The molecule has 0 unspecified atom stereocenters. The molecule has 5 heteroatoms. The van der Waals surface area contributed by atoms with Crippen molar-refractivity contribution in [2.24, 2.45) is 0 Å². The molecule has 0 heterocycles. The lowest BCUT2D eigenvalue weighted by molar-refractivity contribution is -0.133. The molecule has 1 aromatic carbocycles. The zero-order valence-electron chi connectivity index (χ0n) is 9.52. The van der Waals surface area contributed by atoms with Crippen LogP contribution in [0.5, 0.6) is 5.75 Å². The van der Waals surface area contributed by atoms with Gasteiger partial charge in [-0.25, -0.2) is 4.79 Å². The zero-order chi connectivity index (χ0) is 13.0. The smallest absolute Gasteiger partial charge is 0.331 e. The number of benzene rings is 1. The molecule has 1 aromatic rings. The van der Waals surface area contributed by atoms with Crippen molar-refractivity contribution in [3.8, 4) is 5.75 Å². The summed E-state index contributed by atoms with van der Waals surface area (Å²) >= 11 is 0. The first kappa shape index (κ1) is 12.8. The van der Waals surface area contributed by atoms with Crippen molar-refractivity contribution in [3.63, 3.8) is 0 Å². The van der Waals surface area contributed by atoms with E-state index in [1.165, 1.54) is 38.1 Å². The van der Waals surface area contributed by atoms with Gasteiger partial charge in [-0.1, -0.05) is 0 Å². The second-order valence-electron chi connectivity index (χ2n) is 3.56. The molecule has 90 valence electrons. The molecule has 0 aliphatic heterocycles. The van der Waals surface area contributed by atoms with E-state index >= 15 is 0 Å². The summed E-state index contributed by atoms with van der Waals surface area (Å²) in [6, 6.07) is 5.91. The number of amides is 1. The number of phenols is 1. The van der Waals surface area contributed by atoms with Gasteiger partial charge in [-0.2, -0.15) is 0 Å². The van der Waals surface area contributed by atoms with Crippen molar-refractivity contribution < 1.29 is 19.8 Å². The number of phenolic OH excluding ortho intramolecular Hbond substituents is 1. The number of aliphatic carboxylic acids is 1. The summed E-state index contributed by atoms with van der Waals surface area (Å²) in [4.78, 5) is 22.3. The van der Waals surface area contributed by atoms with Crippen molar-refractivity contribution in [3.05, 3.63) is 35.4 Å². The quantitative estimate of drug-likeness (QED) is 0.550. The predicted molar refractivity (Wildman–Crippen MR) is 62.7 cm³/mol. The van der Waals surface area contributed by atoms with Gasteiger partial charge in [-0.15, -0.1) is 0 Å². The Labute approximate surface area is 98.4 Å². The number of aromatic hydroxyl groups is 1. The second-order valence-corrected chi connectivity index (χ2v) is 3.56. The molecule has 5 nitrogen and oxygen atoms in total. The summed E-state index contributed by atoms with van der Waals surface area (Å²) in [7, 11) is 0. The van der Waals surface area contributed by atoms with E-state index in [1.54, 1.807) is 0 Å². The molecule has 0 spiro atoms. The van der Waals surface area contributed by atoms with Gasteiger partial charge in [0.05, 0.1) is 0 Å². The van der Waals surface area contributed by atoms with Crippen LogP contribution in [0.3, 0.4) is 0 Å². The normalized spacial score (nSPS) is 11.6. The molecular weight excluding hydrogens is 222 g/mol. The van der Waals surface area contributed by atoms with E-state index in [1.807, 2.05) is 0 Å². The number of hydrogen-bond donors (Lipinski definition) is 3. The molecule has 0 fully saturated rings. The van der Waals surface area contributed by atoms with Gasteiger partial charge in [0.2, 0.25) is 0 Å². The molecule has 0 aromatic heterocycles. The van der Waals surface area contributed by atoms with Crippen molar-refractivity contribution in [2.75, 3.05) is 5.32 Å². The van der Waals surface area contributed by atoms with Gasteiger partial charge < -0.3 is 15.5 Å². The number of hydrogen-bond acceptors (Lipinski definition) is 3. The Hall–Kier alpha value is -2.30. The molecular formula is C12H13NO4. The zero-order valence-corrected chi connectivity index (χ0v) is 9.52. The SMILES string of the molecule is C/C(C(=O)O)=C(\C)C(=O)Nc1ccc(O)cc1. The number of carboxylic acid groups (broad SMARTS) is 1. The highest BCUT2D eigenvalue weighted by Gasteiger charge is 2.12. The second kappa shape index (κ2) is 5.16. The Balaban J connectivity index is 2.83. The molecule has 0 radical (unpaired) electrons. The van der Waals surface area contributed by atoms with Gasteiger partial charge in [-0.05, 0) is 38.1 Å². The number of nitrogens with one attached hydrogen (secondary N) is 1. The standard InChI is InChI=1S/C12H13NO4/c1-7(8(2)12(16)17)11(15)13-9-3-5-10(14)6-4-9/h3-6,14H,1-2H3,(H,13,15)(H,16,17)/b8-7-. The van der Waals surface area contributed by atoms with E-state index in [2.05, 4.69) is 5.32 Å². The highest BCUT2D eigenvalue weighted by molar-refractivity contribution is 6.08. The minimum atomic E-state index is -1.12. The minimum Gasteiger partial charge on any atom is -0.508 e. The van der Waals surface area contributed by atoms with Crippen LogP contribution < -0.4 is 5.32 Å². The average Bonchev–Trinajstić information content (AvgIpc) is 2.30. The Morgan fingerprint density at radius 1 is 1.06 bits per heavy atom. The van der Waals surface area contributed by atoms with E-state index < -0.39 is 11.9 Å². The highest BCUT2D eigenvalue weighted by atomic mass is 16.4. The Morgan fingerprint density at radius 3 is 2.06 bits per heavy atom. The number of carbonyl (C=O) groups excluding carboxylic acids is 1. The van der Waals surface area contributed by atoms with Crippen LogP contribution in [0.4, 0.5) is 5.69 Å². The van der Waals surface area contributed by atoms with Gasteiger partial charge in [-0.3, -0.25) is 4.79 Å². The van der Waals surface area contributed by atoms with Crippen LogP contribution in [-0.4, -0.2) is 22.1 Å². The third kappa shape index (κ3) is 3.34. The molecule has 3 N–H and O–H groups in total. The summed E-state index contributed by atoms with van der Waals surface area (Å²) in [6.07, 6.45) is 0. The summed E-state index contributed by atoms with van der Waals surface area (Å²) in [5.41, 5.74) is 0.636. The van der Waals surface area contributed by atoms with Crippen molar-refractivity contribution in [1.82, 2.24) is 0 Å². The Bertz CT molecular complexity index is 474. The molecule has 0 bridgehead atoms. The van der Waals surface area contributed by atoms with Crippen LogP contribution in [0.25, 0.3) is 0 Å². The third-order valence-electron chi connectivity index (χ3n) is 2.35. The van der Waals surface area contributed by atoms with Crippen LogP contribution in [-0.2, 0) is 9.59 Å². The molecule has 0 aliphatic rings. The lowest BCUT2D eigenvalue weighted by Crippen LogP contribution is -2.16. The van der Waals surface area contributed by atoms with Crippen LogP contribution in [0.2, 0.25) is 0 Å². The van der Waals surface area contributed by atoms with Crippen molar-refractivity contribution in [1.29, 1.82) is 0 Å². The Morgan fingerprint density at radius 2 is 1.59 bits per heavy atom. The van der Waals surface area contributed by atoms with E-state index in [0.717, 1.165) is 0 Å².